The molecule has 0 aliphatic rings. The lowest BCUT2D eigenvalue weighted by molar-refractivity contribution is -0.384. The number of hydrogen-bond acceptors (Lipinski definition) is 5. The van der Waals surface area contributed by atoms with Crippen molar-refractivity contribution in [2.45, 2.75) is 26.8 Å². The molecule has 1 aromatic carbocycles. The number of carbonyl (C=O) groups excluding carboxylic acids is 1. The lowest BCUT2D eigenvalue weighted by Gasteiger charge is -2.07. The maximum absolute atomic E-state index is 11.9. The Hall–Kier alpha value is -2.44. The van der Waals surface area contributed by atoms with E-state index in [2.05, 4.69) is 0 Å². The van der Waals surface area contributed by atoms with Crippen molar-refractivity contribution >= 4 is 22.6 Å². The van der Waals surface area contributed by atoms with Crippen LogP contribution in [0.15, 0.2) is 27.4 Å². The summed E-state index contributed by atoms with van der Waals surface area (Å²) in [6.45, 7) is 3.52. The molecule has 7 nitrogen and oxygen atoms in total. The van der Waals surface area contributed by atoms with Gasteiger partial charge in [0.15, 0.2) is 11.4 Å². The average molecular weight is 278 g/mol. The topological polar surface area (TPSA) is 95.3 Å². The van der Waals surface area contributed by atoms with Gasteiger partial charge in [-0.1, -0.05) is 13.8 Å². The molecule has 7 heteroatoms. The first-order chi connectivity index (χ1) is 9.43. The predicted molar refractivity (Wildman–Crippen MR) is 71.6 cm³/mol. The molecule has 0 bridgehead atoms. The van der Waals surface area contributed by atoms with Crippen molar-refractivity contribution in [3.05, 3.63) is 38.9 Å². The summed E-state index contributed by atoms with van der Waals surface area (Å²) in [6, 6.07) is 3.86. The highest BCUT2D eigenvalue weighted by molar-refractivity contribution is 5.83. The van der Waals surface area contributed by atoms with E-state index in [1.54, 1.807) is 6.92 Å². The van der Waals surface area contributed by atoms with E-state index in [0.29, 0.717) is 6.42 Å². The molecule has 0 spiro atoms. The van der Waals surface area contributed by atoms with E-state index in [4.69, 9.17) is 4.42 Å². The molecule has 0 aliphatic carbocycles. The molecule has 1 atom stereocenters. The Labute approximate surface area is 114 Å². The largest absolute Gasteiger partial charge is 0.420 e. The van der Waals surface area contributed by atoms with Crippen molar-refractivity contribution < 1.29 is 14.1 Å². The van der Waals surface area contributed by atoms with Crippen molar-refractivity contribution in [3.8, 4) is 0 Å². The molecule has 106 valence electrons. The quantitative estimate of drug-likeness (QED) is 0.616. The molecule has 0 saturated carbocycles. The summed E-state index contributed by atoms with van der Waals surface area (Å²) >= 11 is 0. The molecular weight excluding hydrogens is 264 g/mol. The summed E-state index contributed by atoms with van der Waals surface area (Å²) in [7, 11) is 0. The number of Topliss-reactive ketones (excluding diaryl/α,β-unsaturated/α-hetero) is 1. The monoisotopic (exact) mass is 278 g/mol. The van der Waals surface area contributed by atoms with Crippen LogP contribution < -0.4 is 5.76 Å². The van der Waals surface area contributed by atoms with Crippen LogP contribution in [0.2, 0.25) is 0 Å². The van der Waals surface area contributed by atoms with E-state index in [-0.39, 0.29) is 35.0 Å². The first-order valence-electron chi connectivity index (χ1n) is 6.24. The van der Waals surface area contributed by atoms with Crippen LogP contribution in [0.4, 0.5) is 5.69 Å². The van der Waals surface area contributed by atoms with Gasteiger partial charge < -0.3 is 4.42 Å². The van der Waals surface area contributed by atoms with E-state index in [1.807, 2.05) is 6.92 Å². The molecule has 2 rings (SSSR count). The number of hydrogen-bond donors (Lipinski definition) is 0. The van der Waals surface area contributed by atoms with Crippen LogP contribution in [-0.4, -0.2) is 15.3 Å². The number of ketones is 1. The molecular formula is C13H14N2O5. The number of fused-ring (bicyclic) bond motifs is 1. The van der Waals surface area contributed by atoms with E-state index in [0.717, 1.165) is 4.57 Å². The van der Waals surface area contributed by atoms with Crippen molar-refractivity contribution in [3.63, 3.8) is 0 Å². The van der Waals surface area contributed by atoms with Crippen LogP contribution in [0, 0.1) is 16.0 Å². The highest BCUT2D eigenvalue weighted by atomic mass is 16.6. The number of aromatic nitrogens is 1. The third kappa shape index (κ3) is 2.47. The second-order valence-corrected chi connectivity index (χ2v) is 4.64. The Morgan fingerprint density at radius 3 is 2.80 bits per heavy atom. The number of oxazole rings is 1. The number of nitrogens with zero attached hydrogens (tertiary/aromatic N) is 2. The van der Waals surface area contributed by atoms with Gasteiger partial charge in [-0.15, -0.1) is 0 Å². The van der Waals surface area contributed by atoms with Gasteiger partial charge in [0.1, 0.15) is 0 Å². The number of carbonyl (C=O) groups is 1. The van der Waals surface area contributed by atoms with E-state index < -0.39 is 10.7 Å². The van der Waals surface area contributed by atoms with Gasteiger partial charge in [-0.05, 0) is 12.5 Å². The Bertz CT molecular complexity index is 728. The molecule has 0 aliphatic heterocycles. The number of non-ortho nitro benzene ring substituents is 1. The van der Waals surface area contributed by atoms with Gasteiger partial charge in [0, 0.05) is 18.1 Å². The number of nitro groups is 1. The SMILES string of the molecule is CCC(C)C(=O)Cn1c(=O)oc2ccc([N+](=O)[O-])cc21. The molecule has 20 heavy (non-hydrogen) atoms. The normalized spacial score (nSPS) is 12.5. The molecule has 0 radical (unpaired) electrons. The van der Waals surface area contributed by atoms with Gasteiger partial charge in [0.2, 0.25) is 0 Å². The second kappa shape index (κ2) is 5.28. The number of nitro benzene ring substituents is 1. The third-order valence-corrected chi connectivity index (χ3v) is 3.34. The highest BCUT2D eigenvalue weighted by Crippen LogP contribution is 2.20. The van der Waals surface area contributed by atoms with Crippen LogP contribution in [0.25, 0.3) is 11.1 Å². The summed E-state index contributed by atoms with van der Waals surface area (Å²) < 4.78 is 6.12. The van der Waals surface area contributed by atoms with E-state index in [9.17, 15) is 19.7 Å². The summed E-state index contributed by atoms with van der Waals surface area (Å²) in [5.74, 6) is -0.966. The second-order valence-electron chi connectivity index (χ2n) is 4.64. The van der Waals surface area contributed by atoms with E-state index >= 15 is 0 Å². The standard InChI is InChI=1S/C13H14N2O5/c1-3-8(2)11(16)7-14-10-6-9(15(18)19)4-5-12(10)20-13(14)17/h4-6,8H,3,7H2,1-2H3. The van der Waals surface area contributed by atoms with Gasteiger partial charge in [-0.2, -0.15) is 0 Å². The fourth-order valence-electron chi connectivity index (χ4n) is 1.85. The Balaban J connectivity index is 2.49. The summed E-state index contributed by atoms with van der Waals surface area (Å²) in [6.07, 6.45) is 0.670. The molecule has 0 N–H and O–H groups in total. The summed E-state index contributed by atoms with van der Waals surface area (Å²) in [5.41, 5.74) is 0.349. The summed E-state index contributed by atoms with van der Waals surface area (Å²) in [5, 5.41) is 10.8. The zero-order chi connectivity index (χ0) is 14.9. The maximum atomic E-state index is 11.9. The highest BCUT2D eigenvalue weighted by Gasteiger charge is 2.18. The zero-order valence-electron chi connectivity index (χ0n) is 11.2. The Morgan fingerprint density at radius 2 is 2.20 bits per heavy atom. The first kappa shape index (κ1) is 14.0. The minimum absolute atomic E-state index is 0.108. The lowest BCUT2D eigenvalue weighted by atomic mass is 10.0. The Morgan fingerprint density at radius 1 is 1.50 bits per heavy atom. The molecule has 2 aromatic rings. The van der Waals surface area contributed by atoms with Crippen LogP contribution in [0.3, 0.4) is 0 Å². The van der Waals surface area contributed by atoms with Gasteiger partial charge in [-0.25, -0.2) is 4.79 Å². The molecule has 1 aromatic heterocycles. The van der Waals surface area contributed by atoms with Crippen molar-refractivity contribution in [2.75, 3.05) is 0 Å². The van der Waals surface area contributed by atoms with Crippen LogP contribution >= 0.6 is 0 Å². The van der Waals surface area contributed by atoms with E-state index in [1.165, 1.54) is 18.2 Å². The first-order valence-corrected chi connectivity index (χ1v) is 6.24. The van der Waals surface area contributed by atoms with Gasteiger partial charge in [0.05, 0.1) is 17.0 Å². The summed E-state index contributed by atoms with van der Waals surface area (Å²) in [4.78, 5) is 33.9. The smallest absolute Gasteiger partial charge is 0.408 e. The van der Waals surface area contributed by atoms with Crippen molar-refractivity contribution in [1.29, 1.82) is 0 Å². The van der Waals surface area contributed by atoms with Crippen molar-refractivity contribution in [2.24, 2.45) is 5.92 Å². The Kier molecular flexibility index (Phi) is 3.69. The minimum Gasteiger partial charge on any atom is -0.408 e. The molecule has 1 heterocycles. The van der Waals surface area contributed by atoms with Crippen LogP contribution in [0.1, 0.15) is 20.3 Å². The van der Waals surface area contributed by atoms with Gasteiger partial charge in [0.25, 0.3) is 5.69 Å². The van der Waals surface area contributed by atoms with Gasteiger partial charge in [-0.3, -0.25) is 19.5 Å². The number of benzene rings is 1. The van der Waals surface area contributed by atoms with Gasteiger partial charge >= 0.3 is 5.76 Å². The fraction of sp³-hybridized carbons (Fsp3) is 0.385. The predicted octanol–water partition coefficient (Wildman–Crippen LogP) is 2.12. The lowest BCUT2D eigenvalue weighted by Crippen LogP contribution is -2.23. The zero-order valence-corrected chi connectivity index (χ0v) is 11.2. The fourth-order valence-corrected chi connectivity index (χ4v) is 1.85. The number of rotatable bonds is 5. The van der Waals surface area contributed by atoms with Crippen LogP contribution in [0.5, 0.6) is 0 Å². The van der Waals surface area contributed by atoms with Crippen LogP contribution in [-0.2, 0) is 11.3 Å². The molecule has 0 fully saturated rings. The third-order valence-electron chi connectivity index (χ3n) is 3.34. The molecule has 0 saturated heterocycles. The maximum Gasteiger partial charge on any atom is 0.420 e. The average Bonchev–Trinajstić information content (AvgIpc) is 2.73. The molecule has 0 amide bonds. The minimum atomic E-state index is -0.683. The molecule has 1 unspecified atom stereocenters. The van der Waals surface area contributed by atoms with Crippen molar-refractivity contribution in [1.82, 2.24) is 4.57 Å².